The molecule has 1 amide bonds. The van der Waals surface area contributed by atoms with E-state index in [4.69, 9.17) is 5.14 Å². The summed E-state index contributed by atoms with van der Waals surface area (Å²) in [6, 6.07) is 12.8. The second-order valence-electron chi connectivity index (χ2n) is 5.98. The summed E-state index contributed by atoms with van der Waals surface area (Å²) in [6.45, 7) is 4.09. The zero-order chi connectivity index (χ0) is 17.7. The molecule has 2 aromatic carbocycles. The summed E-state index contributed by atoms with van der Waals surface area (Å²) in [5, 5.41) is 7.82. The Kier molecular flexibility index (Phi) is 5.75. The van der Waals surface area contributed by atoms with Crippen LogP contribution in [0.25, 0.3) is 0 Å². The maximum absolute atomic E-state index is 12.1. The minimum atomic E-state index is -3.55. The number of amides is 1. The first-order valence-electron chi connectivity index (χ1n) is 7.68. The van der Waals surface area contributed by atoms with Crippen molar-refractivity contribution in [1.29, 1.82) is 0 Å². The molecule has 0 bridgehead atoms. The average molecular weight is 346 g/mol. The van der Waals surface area contributed by atoms with Crippen LogP contribution < -0.4 is 10.5 Å². The van der Waals surface area contributed by atoms with Crippen molar-refractivity contribution in [3.63, 3.8) is 0 Å². The van der Waals surface area contributed by atoms with Crippen LogP contribution in [-0.4, -0.2) is 14.3 Å². The molecule has 0 aliphatic carbocycles. The van der Waals surface area contributed by atoms with Gasteiger partial charge in [0, 0.05) is 12.1 Å². The van der Waals surface area contributed by atoms with Crippen LogP contribution in [0.15, 0.2) is 42.5 Å². The number of rotatable bonds is 6. The van der Waals surface area contributed by atoms with E-state index in [-0.39, 0.29) is 11.7 Å². The summed E-state index contributed by atoms with van der Waals surface area (Å²) < 4.78 is 22.1. The molecule has 128 valence electrons. The Morgan fingerprint density at radius 2 is 1.75 bits per heavy atom. The zero-order valence-electron chi connectivity index (χ0n) is 13.9. The summed E-state index contributed by atoms with van der Waals surface area (Å²) in [4.78, 5) is 12.1. The van der Waals surface area contributed by atoms with Gasteiger partial charge in [0.1, 0.15) is 0 Å². The number of carbonyl (C=O) groups excluding carboxylic acids is 1. The Morgan fingerprint density at radius 1 is 1.08 bits per heavy atom. The molecule has 0 atom stereocenters. The lowest BCUT2D eigenvalue weighted by Gasteiger charge is -2.08. The van der Waals surface area contributed by atoms with E-state index in [1.165, 1.54) is 16.7 Å². The molecule has 24 heavy (non-hydrogen) atoms. The first kappa shape index (κ1) is 18.2. The van der Waals surface area contributed by atoms with Crippen molar-refractivity contribution in [3.8, 4) is 0 Å². The molecular formula is C18H22N2O3S. The number of nitrogens with one attached hydrogen (secondary N) is 1. The fraction of sp³-hybridized carbons (Fsp3) is 0.278. The van der Waals surface area contributed by atoms with Gasteiger partial charge < -0.3 is 5.32 Å². The number of anilines is 1. The highest BCUT2D eigenvalue weighted by atomic mass is 32.2. The number of aryl methyl sites for hydroxylation is 3. The van der Waals surface area contributed by atoms with E-state index in [9.17, 15) is 13.2 Å². The molecule has 0 aromatic heterocycles. The Labute approximate surface area is 142 Å². The van der Waals surface area contributed by atoms with Gasteiger partial charge in [-0.3, -0.25) is 4.79 Å². The molecule has 2 aromatic rings. The average Bonchev–Trinajstić information content (AvgIpc) is 2.47. The maximum Gasteiger partial charge on any atom is 0.224 e. The van der Waals surface area contributed by atoms with Gasteiger partial charge in [-0.15, -0.1) is 0 Å². The van der Waals surface area contributed by atoms with Gasteiger partial charge in [-0.25, -0.2) is 13.6 Å². The number of primary sulfonamides is 1. The number of sulfonamides is 1. The summed E-state index contributed by atoms with van der Waals surface area (Å²) in [5.41, 5.74) is 4.79. The van der Waals surface area contributed by atoms with E-state index in [1.54, 1.807) is 24.3 Å². The molecule has 0 fully saturated rings. The number of nitrogens with two attached hydrogens (primary N) is 1. The largest absolute Gasteiger partial charge is 0.326 e. The van der Waals surface area contributed by atoms with E-state index in [0.717, 1.165) is 0 Å². The molecule has 0 aliphatic heterocycles. The lowest BCUT2D eigenvalue weighted by molar-refractivity contribution is -0.116. The Morgan fingerprint density at radius 3 is 2.33 bits per heavy atom. The van der Waals surface area contributed by atoms with Gasteiger partial charge in [-0.1, -0.05) is 35.9 Å². The molecule has 5 nitrogen and oxygen atoms in total. The van der Waals surface area contributed by atoms with Crippen molar-refractivity contribution in [2.75, 3.05) is 5.32 Å². The second kappa shape index (κ2) is 7.59. The van der Waals surface area contributed by atoms with Crippen LogP contribution >= 0.6 is 0 Å². The van der Waals surface area contributed by atoms with Crippen LogP contribution in [0.5, 0.6) is 0 Å². The van der Waals surface area contributed by atoms with E-state index in [0.29, 0.717) is 24.1 Å². The standard InChI is InChI=1S/C18H22N2O3S/c1-13-3-6-16(14(2)11-13)7-10-18(21)20-17-8-4-15(5-9-17)12-24(19,22)23/h3-6,8-9,11H,7,10,12H2,1-2H3,(H,20,21)(H2,19,22,23). The van der Waals surface area contributed by atoms with Crippen LogP contribution in [0.1, 0.15) is 28.7 Å². The van der Waals surface area contributed by atoms with Gasteiger partial charge in [0.05, 0.1) is 5.75 Å². The Bertz CT molecular complexity index is 828. The maximum atomic E-state index is 12.1. The molecule has 0 spiro atoms. The van der Waals surface area contributed by atoms with Crippen LogP contribution in [-0.2, 0) is 27.0 Å². The smallest absolute Gasteiger partial charge is 0.224 e. The first-order valence-corrected chi connectivity index (χ1v) is 9.40. The van der Waals surface area contributed by atoms with Crippen molar-refractivity contribution in [1.82, 2.24) is 0 Å². The minimum Gasteiger partial charge on any atom is -0.326 e. The molecule has 3 N–H and O–H groups in total. The number of benzene rings is 2. The predicted molar refractivity (Wildman–Crippen MR) is 96.1 cm³/mol. The van der Waals surface area contributed by atoms with Gasteiger partial charge in [0.15, 0.2) is 0 Å². The third-order valence-electron chi connectivity index (χ3n) is 3.73. The van der Waals surface area contributed by atoms with Crippen molar-refractivity contribution in [2.24, 2.45) is 5.14 Å². The lowest BCUT2D eigenvalue weighted by Crippen LogP contribution is -2.15. The highest BCUT2D eigenvalue weighted by molar-refractivity contribution is 7.88. The quantitative estimate of drug-likeness (QED) is 0.842. The van der Waals surface area contributed by atoms with Gasteiger partial charge >= 0.3 is 0 Å². The molecular weight excluding hydrogens is 324 g/mol. The lowest BCUT2D eigenvalue weighted by atomic mass is 10.0. The van der Waals surface area contributed by atoms with Crippen LogP contribution in [0.3, 0.4) is 0 Å². The molecule has 2 rings (SSSR count). The number of hydrogen-bond acceptors (Lipinski definition) is 3. The van der Waals surface area contributed by atoms with Crippen molar-refractivity contribution in [2.45, 2.75) is 32.4 Å². The van der Waals surface area contributed by atoms with Crippen LogP contribution in [0.2, 0.25) is 0 Å². The molecule has 0 radical (unpaired) electrons. The topological polar surface area (TPSA) is 89.3 Å². The minimum absolute atomic E-state index is 0.0748. The third kappa shape index (κ3) is 5.79. The van der Waals surface area contributed by atoms with E-state index in [2.05, 4.69) is 17.4 Å². The van der Waals surface area contributed by atoms with Crippen LogP contribution in [0.4, 0.5) is 5.69 Å². The first-order chi connectivity index (χ1) is 11.2. The Balaban J connectivity index is 1.90. The predicted octanol–water partition coefficient (Wildman–Crippen LogP) is 2.66. The van der Waals surface area contributed by atoms with E-state index >= 15 is 0 Å². The highest BCUT2D eigenvalue weighted by Gasteiger charge is 2.07. The molecule has 0 saturated heterocycles. The van der Waals surface area contributed by atoms with Gasteiger partial charge in [0.2, 0.25) is 15.9 Å². The van der Waals surface area contributed by atoms with Crippen molar-refractivity contribution < 1.29 is 13.2 Å². The second-order valence-corrected chi connectivity index (χ2v) is 7.60. The summed E-state index contributed by atoms with van der Waals surface area (Å²) in [6.07, 6.45) is 1.07. The molecule has 0 aliphatic rings. The van der Waals surface area contributed by atoms with Gasteiger partial charge in [-0.05, 0) is 49.1 Å². The fourth-order valence-electron chi connectivity index (χ4n) is 2.51. The van der Waals surface area contributed by atoms with E-state index in [1.807, 2.05) is 19.9 Å². The third-order valence-corrected chi connectivity index (χ3v) is 4.46. The Hall–Kier alpha value is -2.18. The SMILES string of the molecule is Cc1ccc(CCC(=O)Nc2ccc(CS(N)(=O)=O)cc2)c(C)c1. The monoisotopic (exact) mass is 346 g/mol. The zero-order valence-corrected chi connectivity index (χ0v) is 14.7. The summed E-state index contributed by atoms with van der Waals surface area (Å²) in [5.74, 6) is -0.289. The summed E-state index contributed by atoms with van der Waals surface area (Å²) >= 11 is 0. The molecule has 0 heterocycles. The fourth-order valence-corrected chi connectivity index (χ4v) is 3.17. The summed E-state index contributed by atoms with van der Waals surface area (Å²) in [7, 11) is -3.55. The number of carbonyl (C=O) groups is 1. The number of hydrogen-bond donors (Lipinski definition) is 2. The highest BCUT2D eigenvalue weighted by Crippen LogP contribution is 2.14. The van der Waals surface area contributed by atoms with Gasteiger partial charge in [0.25, 0.3) is 0 Å². The van der Waals surface area contributed by atoms with E-state index < -0.39 is 10.0 Å². The normalized spacial score (nSPS) is 11.3. The molecule has 6 heteroatoms. The van der Waals surface area contributed by atoms with Crippen LogP contribution in [0, 0.1) is 13.8 Å². The molecule has 0 unspecified atom stereocenters. The van der Waals surface area contributed by atoms with Gasteiger partial charge in [-0.2, -0.15) is 0 Å². The van der Waals surface area contributed by atoms with Crippen molar-refractivity contribution in [3.05, 3.63) is 64.7 Å². The molecule has 0 saturated carbocycles. The van der Waals surface area contributed by atoms with Crippen molar-refractivity contribution >= 4 is 21.6 Å².